The summed E-state index contributed by atoms with van der Waals surface area (Å²) in [6.07, 6.45) is 6.16. The number of nitrogens with zero attached hydrogens (tertiary/aromatic N) is 2. The van der Waals surface area contributed by atoms with Crippen molar-refractivity contribution in [2.75, 3.05) is 7.11 Å². The standard InChI is InChI=1S/C13H16N2O2S/c1-17-11(16)10-8-18-12(15-10)13(9-14)6-4-2-3-5-7-13/h8H,2-7H2,1H3. The van der Waals surface area contributed by atoms with Crippen LogP contribution in [0.2, 0.25) is 0 Å². The third-order valence-electron chi connectivity index (χ3n) is 3.48. The molecule has 0 bridgehead atoms. The van der Waals surface area contributed by atoms with Gasteiger partial charge in [0.1, 0.15) is 10.4 Å². The lowest BCUT2D eigenvalue weighted by atomic mass is 9.82. The maximum absolute atomic E-state index is 11.4. The fourth-order valence-corrected chi connectivity index (χ4v) is 3.40. The van der Waals surface area contributed by atoms with Crippen molar-refractivity contribution in [1.82, 2.24) is 4.98 Å². The van der Waals surface area contributed by atoms with E-state index in [9.17, 15) is 10.1 Å². The zero-order valence-corrected chi connectivity index (χ0v) is 11.3. The molecule has 1 fully saturated rings. The van der Waals surface area contributed by atoms with E-state index in [4.69, 9.17) is 0 Å². The Labute approximate surface area is 111 Å². The van der Waals surface area contributed by atoms with Gasteiger partial charge in [-0.15, -0.1) is 11.3 Å². The molecule has 4 nitrogen and oxygen atoms in total. The first kappa shape index (κ1) is 13.0. The number of hydrogen-bond acceptors (Lipinski definition) is 5. The maximum atomic E-state index is 11.4. The molecule has 5 heteroatoms. The number of carbonyl (C=O) groups excluding carboxylic acids is 1. The molecular formula is C13H16N2O2S. The van der Waals surface area contributed by atoms with Crippen molar-refractivity contribution in [3.63, 3.8) is 0 Å². The molecule has 18 heavy (non-hydrogen) atoms. The highest BCUT2D eigenvalue weighted by molar-refractivity contribution is 7.10. The molecule has 1 aliphatic carbocycles. The summed E-state index contributed by atoms with van der Waals surface area (Å²) in [6, 6.07) is 2.44. The van der Waals surface area contributed by atoms with E-state index >= 15 is 0 Å². The molecule has 0 atom stereocenters. The topological polar surface area (TPSA) is 63.0 Å². The van der Waals surface area contributed by atoms with Crippen LogP contribution in [0.3, 0.4) is 0 Å². The van der Waals surface area contributed by atoms with E-state index in [1.807, 2.05) is 0 Å². The molecular weight excluding hydrogens is 248 g/mol. The monoisotopic (exact) mass is 264 g/mol. The van der Waals surface area contributed by atoms with E-state index in [-0.39, 0.29) is 0 Å². The summed E-state index contributed by atoms with van der Waals surface area (Å²) in [7, 11) is 1.34. The molecule has 1 heterocycles. The minimum absolute atomic E-state index is 0.316. The van der Waals surface area contributed by atoms with Gasteiger partial charge in [-0.2, -0.15) is 5.26 Å². The Hall–Kier alpha value is -1.41. The molecule has 1 saturated carbocycles. The summed E-state index contributed by atoms with van der Waals surface area (Å²) in [5, 5.41) is 12.0. The quantitative estimate of drug-likeness (QED) is 0.608. The van der Waals surface area contributed by atoms with Crippen LogP contribution in [0.15, 0.2) is 5.38 Å². The number of thiazole rings is 1. The van der Waals surface area contributed by atoms with Gasteiger partial charge in [0.15, 0.2) is 5.69 Å². The molecule has 0 spiro atoms. The summed E-state index contributed by atoms with van der Waals surface area (Å²) in [5.74, 6) is -0.431. The third-order valence-corrected chi connectivity index (χ3v) is 4.53. The Morgan fingerprint density at radius 3 is 2.67 bits per heavy atom. The zero-order chi connectivity index (χ0) is 13.0. The van der Waals surface area contributed by atoms with E-state index in [0.29, 0.717) is 5.69 Å². The third kappa shape index (κ3) is 2.39. The van der Waals surface area contributed by atoms with Crippen molar-refractivity contribution in [3.8, 4) is 6.07 Å². The predicted octanol–water partition coefficient (Wildman–Crippen LogP) is 3.05. The number of rotatable bonds is 2. The van der Waals surface area contributed by atoms with Crippen LogP contribution in [0, 0.1) is 11.3 Å². The first-order valence-corrected chi connectivity index (χ1v) is 7.05. The SMILES string of the molecule is COC(=O)c1csc(C2(C#N)CCCCCC2)n1. The molecule has 1 aliphatic rings. The molecule has 96 valence electrons. The average Bonchev–Trinajstić information content (AvgIpc) is 2.78. The number of nitriles is 1. The molecule has 1 aromatic heterocycles. The van der Waals surface area contributed by atoms with Crippen molar-refractivity contribution in [3.05, 3.63) is 16.1 Å². The highest BCUT2D eigenvalue weighted by Gasteiger charge is 2.36. The predicted molar refractivity (Wildman–Crippen MR) is 68.4 cm³/mol. The molecule has 0 aromatic carbocycles. The Bertz CT molecular complexity index is 468. The second kappa shape index (κ2) is 5.49. The fraction of sp³-hybridized carbons (Fsp3) is 0.615. The average molecular weight is 264 g/mol. The van der Waals surface area contributed by atoms with E-state index in [1.165, 1.54) is 31.3 Å². The Balaban J connectivity index is 2.29. The Kier molecular flexibility index (Phi) is 3.97. The largest absolute Gasteiger partial charge is 0.464 e. The normalized spacial score (nSPS) is 18.7. The van der Waals surface area contributed by atoms with Crippen molar-refractivity contribution in [2.24, 2.45) is 0 Å². The van der Waals surface area contributed by atoms with Gasteiger partial charge < -0.3 is 4.74 Å². The molecule has 0 radical (unpaired) electrons. The number of ether oxygens (including phenoxy) is 1. The number of esters is 1. The van der Waals surface area contributed by atoms with Crippen LogP contribution < -0.4 is 0 Å². The first-order valence-electron chi connectivity index (χ1n) is 6.17. The molecule has 0 aliphatic heterocycles. The molecule has 1 aromatic rings. The lowest BCUT2D eigenvalue weighted by Gasteiger charge is -2.21. The summed E-state index contributed by atoms with van der Waals surface area (Å²) in [4.78, 5) is 15.7. The van der Waals surface area contributed by atoms with Gasteiger partial charge >= 0.3 is 5.97 Å². The first-order chi connectivity index (χ1) is 8.72. The van der Waals surface area contributed by atoms with E-state index in [2.05, 4.69) is 15.8 Å². The lowest BCUT2D eigenvalue weighted by molar-refractivity contribution is 0.0594. The highest BCUT2D eigenvalue weighted by atomic mass is 32.1. The van der Waals surface area contributed by atoms with Crippen molar-refractivity contribution in [1.29, 1.82) is 5.26 Å². The lowest BCUT2D eigenvalue weighted by Crippen LogP contribution is -2.23. The van der Waals surface area contributed by atoms with Crippen molar-refractivity contribution in [2.45, 2.75) is 43.9 Å². The van der Waals surface area contributed by atoms with Crippen LogP contribution in [-0.4, -0.2) is 18.1 Å². The molecule has 0 N–H and O–H groups in total. The minimum atomic E-state index is -0.493. The van der Waals surface area contributed by atoms with Gasteiger partial charge in [0.05, 0.1) is 13.2 Å². The smallest absolute Gasteiger partial charge is 0.357 e. The van der Waals surface area contributed by atoms with Crippen LogP contribution in [0.1, 0.15) is 54.0 Å². The van der Waals surface area contributed by atoms with Gasteiger partial charge in [0.25, 0.3) is 0 Å². The van der Waals surface area contributed by atoms with Crippen LogP contribution in [0.5, 0.6) is 0 Å². The van der Waals surface area contributed by atoms with Crippen LogP contribution in [-0.2, 0) is 10.2 Å². The van der Waals surface area contributed by atoms with E-state index in [1.54, 1.807) is 5.38 Å². The fourth-order valence-electron chi connectivity index (χ4n) is 2.40. The minimum Gasteiger partial charge on any atom is -0.464 e. The maximum Gasteiger partial charge on any atom is 0.357 e. The van der Waals surface area contributed by atoms with E-state index < -0.39 is 11.4 Å². The van der Waals surface area contributed by atoms with Crippen LogP contribution in [0.25, 0.3) is 0 Å². The summed E-state index contributed by atoms with van der Waals surface area (Å²) in [5.41, 5.74) is -0.177. The van der Waals surface area contributed by atoms with Gasteiger partial charge in [0, 0.05) is 5.38 Å². The molecule has 2 rings (SSSR count). The van der Waals surface area contributed by atoms with E-state index in [0.717, 1.165) is 30.7 Å². The van der Waals surface area contributed by atoms with Gasteiger partial charge in [0.2, 0.25) is 0 Å². The van der Waals surface area contributed by atoms with Crippen LogP contribution in [0.4, 0.5) is 0 Å². The van der Waals surface area contributed by atoms with Gasteiger partial charge in [-0.3, -0.25) is 0 Å². The summed E-state index contributed by atoms with van der Waals surface area (Å²) >= 11 is 1.40. The molecule has 0 unspecified atom stereocenters. The number of hydrogen-bond donors (Lipinski definition) is 0. The molecule has 0 amide bonds. The zero-order valence-electron chi connectivity index (χ0n) is 10.4. The van der Waals surface area contributed by atoms with Gasteiger partial charge in [-0.25, -0.2) is 9.78 Å². The Morgan fingerprint density at radius 2 is 2.11 bits per heavy atom. The molecule has 0 saturated heterocycles. The number of methoxy groups -OCH3 is 1. The van der Waals surface area contributed by atoms with Crippen molar-refractivity contribution < 1.29 is 9.53 Å². The van der Waals surface area contributed by atoms with Crippen molar-refractivity contribution >= 4 is 17.3 Å². The second-order valence-electron chi connectivity index (χ2n) is 4.64. The summed E-state index contributed by atoms with van der Waals surface area (Å²) < 4.78 is 4.65. The second-order valence-corrected chi connectivity index (χ2v) is 5.50. The highest BCUT2D eigenvalue weighted by Crippen LogP contribution is 2.39. The van der Waals surface area contributed by atoms with Gasteiger partial charge in [-0.05, 0) is 12.8 Å². The summed E-state index contributed by atoms with van der Waals surface area (Å²) in [6.45, 7) is 0. The number of aromatic nitrogens is 1. The van der Waals surface area contributed by atoms with Gasteiger partial charge in [-0.1, -0.05) is 25.7 Å². The number of carbonyl (C=O) groups is 1. The van der Waals surface area contributed by atoms with Crippen LogP contribution >= 0.6 is 11.3 Å². The Morgan fingerprint density at radius 1 is 1.44 bits per heavy atom.